The maximum absolute atomic E-state index is 12.8. The monoisotopic (exact) mass is 355 g/mol. The summed E-state index contributed by atoms with van der Waals surface area (Å²) < 4.78 is 1.52. The van der Waals surface area contributed by atoms with Gasteiger partial charge < -0.3 is 9.67 Å². The summed E-state index contributed by atoms with van der Waals surface area (Å²) in [6.07, 6.45) is 3.84. The molecule has 3 aromatic heterocycles. The van der Waals surface area contributed by atoms with Crippen molar-refractivity contribution >= 4 is 17.3 Å². The molecule has 3 rings (SSSR count). The van der Waals surface area contributed by atoms with E-state index >= 15 is 0 Å². The Hall–Kier alpha value is -2.80. The van der Waals surface area contributed by atoms with Crippen LogP contribution in [0, 0.1) is 0 Å². The topological polar surface area (TPSA) is 85.1 Å². The normalized spacial score (nSPS) is 10.8. The molecule has 0 aromatic carbocycles. The molecule has 0 atom stereocenters. The number of carboxylic acid groups (broad SMARTS) is 1. The van der Waals surface area contributed by atoms with E-state index < -0.39 is 5.97 Å². The van der Waals surface area contributed by atoms with Crippen LogP contribution in [0.3, 0.4) is 0 Å². The average molecular weight is 355 g/mol. The van der Waals surface area contributed by atoms with Crippen LogP contribution >= 0.6 is 11.3 Å². The Bertz CT molecular complexity index is 977. The molecule has 0 saturated carbocycles. The van der Waals surface area contributed by atoms with Crippen molar-refractivity contribution in [1.82, 2.24) is 14.5 Å². The average Bonchev–Trinajstić information content (AvgIpc) is 3.11. The van der Waals surface area contributed by atoms with Crippen molar-refractivity contribution in [2.24, 2.45) is 0 Å². The molecule has 0 unspecified atom stereocenters. The van der Waals surface area contributed by atoms with E-state index in [0.717, 1.165) is 10.6 Å². The minimum absolute atomic E-state index is 0.150. The molecule has 128 valence electrons. The van der Waals surface area contributed by atoms with Gasteiger partial charge in [0.25, 0.3) is 5.56 Å². The van der Waals surface area contributed by atoms with Crippen LogP contribution in [0.2, 0.25) is 0 Å². The fourth-order valence-electron chi connectivity index (χ4n) is 2.81. The Kier molecular flexibility index (Phi) is 4.76. The van der Waals surface area contributed by atoms with E-state index in [1.165, 1.54) is 22.0 Å². The van der Waals surface area contributed by atoms with Gasteiger partial charge in [-0.1, -0.05) is 6.92 Å². The second-order valence-corrected chi connectivity index (χ2v) is 6.26. The summed E-state index contributed by atoms with van der Waals surface area (Å²) in [7, 11) is 0. The van der Waals surface area contributed by atoms with Crippen LogP contribution in [0.4, 0.5) is 0 Å². The van der Waals surface area contributed by atoms with Gasteiger partial charge in [0.2, 0.25) is 0 Å². The molecule has 0 aliphatic heterocycles. The van der Waals surface area contributed by atoms with Crippen molar-refractivity contribution in [3.05, 3.63) is 57.6 Å². The van der Waals surface area contributed by atoms with Crippen molar-refractivity contribution in [2.45, 2.75) is 26.8 Å². The van der Waals surface area contributed by atoms with Gasteiger partial charge in [0, 0.05) is 35.6 Å². The number of aromatic carboxylic acids is 1. The summed E-state index contributed by atoms with van der Waals surface area (Å²) in [6.45, 7) is 4.09. The van der Waals surface area contributed by atoms with Crippen LogP contribution in [-0.2, 0) is 13.0 Å². The van der Waals surface area contributed by atoms with Crippen LogP contribution < -0.4 is 5.56 Å². The molecule has 0 bridgehead atoms. The maximum Gasteiger partial charge on any atom is 0.337 e. The fourth-order valence-corrected chi connectivity index (χ4v) is 3.64. The predicted molar refractivity (Wildman–Crippen MR) is 97.1 cm³/mol. The lowest BCUT2D eigenvalue weighted by atomic mass is 10.1. The minimum atomic E-state index is -1.04. The van der Waals surface area contributed by atoms with Crippen LogP contribution in [0.1, 0.15) is 29.9 Å². The lowest BCUT2D eigenvalue weighted by Crippen LogP contribution is -2.27. The molecule has 0 radical (unpaired) electrons. The standard InChI is InChI=1S/C18H17N3O3S/c1-3-15-13(18(23)24)9-12(17(22)21(15)4-2)14-10-25-16(20-14)11-5-7-19-8-6-11/h5-10H,3-4H2,1-2H3,(H,23,24). The highest BCUT2D eigenvalue weighted by Crippen LogP contribution is 2.28. The number of hydrogen-bond acceptors (Lipinski definition) is 5. The molecule has 3 heterocycles. The predicted octanol–water partition coefficient (Wildman–Crippen LogP) is 3.31. The Morgan fingerprint density at radius 2 is 2.00 bits per heavy atom. The number of aromatic nitrogens is 3. The van der Waals surface area contributed by atoms with Crippen LogP contribution in [0.25, 0.3) is 21.8 Å². The molecular formula is C18H17N3O3S. The van der Waals surface area contributed by atoms with E-state index in [0.29, 0.717) is 29.9 Å². The highest BCUT2D eigenvalue weighted by atomic mass is 32.1. The molecule has 0 saturated heterocycles. The van der Waals surface area contributed by atoms with Gasteiger partial charge in [-0.2, -0.15) is 0 Å². The molecule has 3 aromatic rings. The summed E-state index contributed by atoms with van der Waals surface area (Å²) in [5.41, 5.74) is 2.19. The first kappa shape index (κ1) is 17.0. The molecule has 25 heavy (non-hydrogen) atoms. The van der Waals surface area contributed by atoms with E-state index in [9.17, 15) is 14.7 Å². The van der Waals surface area contributed by atoms with Gasteiger partial charge in [-0.3, -0.25) is 9.78 Å². The fraction of sp³-hybridized carbons (Fsp3) is 0.222. The molecular weight excluding hydrogens is 338 g/mol. The van der Waals surface area contributed by atoms with Gasteiger partial charge in [0.1, 0.15) is 5.01 Å². The Morgan fingerprint density at radius 3 is 2.60 bits per heavy atom. The van der Waals surface area contributed by atoms with Gasteiger partial charge in [-0.25, -0.2) is 9.78 Å². The Labute approximate surface area is 148 Å². The molecule has 0 fully saturated rings. The quantitative estimate of drug-likeness (QED) is 0.759. The highest BCUT2D eigenvalue weighted by Gasteiger charge is 2.20. The van der Waals surface area contributed by atoms with Gasteiger partial charge in [-0.05, 0) is 31.5 Å². The summed E-state index contributed by atoms with van der Waals surface area (Å²) in [4.78, 5) is 33.0. The van der Waals surface area contributed by atoms with Crippen molar-refractivity contribution in [2.75, 3.05) is 0 Å². The summed E-state index contributed by atoms with van der Waals surface area (Å²) >= 11 is 1.41. The van der Waals surface area contributed by atoms with Crippen molar-refractivity contribution in [3.63, 3.8) is 0 Å². The van der Waals surface area contributed by atoms with Gasteiger partial charge >= 0.3 is 5.97 Å². The third-order valence-electron chi connectivity index (χ3n) is 3.99. The largest absolute Gasteiger partial charge is 0.478 e. The Morgan fingerprint density at radius 1 is 1.28 bits per heavy atom. The van der Waals surface area contributed by atoms with E-state index in [1.54, 1.807) is 17.8 Å². The first-order chi connectivity index (χ1) is 12.1. The van der Waals surface area contributed by atoms with Crippen LogP contribution in [-0.4, -0.2) is 25.6 Å². The SMILES string of the molecule is CCc1c(C(=O)O)cc(-c2csc(-c3ccncc3)n2)c(=O)n1CC. The zero-order chi connectivity index (χ0) is 18.0. The smallest absolute Gasteiger partial charge is 0.337 e. The number of carbonyl (C=O) groups is 1. The zero-order valence-corrected chi connectivity index (χ0v) is 14.7. The van der Waals surface area contributed by atoms with Crippen molar-refractivity contribution in [3.8, 4) is 21.8 Å². The van der Waals surface area contributed by atoms with E-state index in [-0.39, 0.29) is 11.1 Å². The van der Waals surface area contributed by atoms with Gasteiger partial charge in [0.05, 0.1) is 16.8 Å². The summed E-state index contributed by atoms with van der Waals surface area (Å²) in [5.74, 6) is -1.04. The number of carboxylic acids is 1. The maximum atomic E-state index is 12.8. The summed E-state index contributed by atoms with van der Waals surface area (Å²) in [5, 5.41) is 12.1. The van der Waals surface area contributed by atoms with Crippen LogP contribution in [0.5, 0.6) is 0 Å². The van der Waals surface area contributed by atoms with Gasteiger partial charge in [0.15, 0.2) is 0 Å². The van der Waals surface area contributed by atoms with Crippen LogP contribution in [0.15, 0.2) is 40.8 Å². The van der Waals surface area contributed by atoms with E-state index in [1.807, 2.05) is 26.0 Å². The Balaban J connectivity index is 2.18. The first-order valence-corrected chi connectivity index (χ1v) is 8.81. The third kappa shape index (κ3) is 3.10. The molecule has 0 spiro atoms. The number of hydrogen-bond donors (Lipinski definition) is 1. The number of thiazole rings is 1. The third-order valence-corrected chi connectivity index (χ3v) is 4.88. The first-order valence-electron chi connectivity index (χ1n) is 7.93. The molecule has 0 aliphatic rings. The molecule has 6 nitrogen and oxygen atoms in total. The summed E-state index contributed by atoms with van der Waals surface area (Å²) in [6, 6.07) is 5.13. The zero-order valence-electron chi connectivity index (χ0n) is 13.9. The highest BCUT2D eigenvalue weighted by molar-refractivity contribution is 7.13. The molecule has 7 heteroatoms. The lowest BCUT2D eigenvalue weighted by Gasteiger charge is -2.14. The van der Waals surface area contributed by atoms with Crippen molar-refractivity contribution in [1.29, 1.82) is 0 Å². The minimum Gasteiger partial charge on any atom is -0.478 e. The second-order valence-electron chi connectivity index (χ2n) is 5.40. The van der Waals surface area contributed by atoms with E-state index in [2.05, 4.69) is 9.97 Å². The number of pyridine rings is 2. The second kappa shape index (κ2) is 6.98. The number of nitrogens with zero attached hydrogens (tertiary/aromatic N) is 3. The van der Waals surface area contributed by atoms with Gasteiger partial charge in [-0.15, -0.1) is 11.3 Å². The molecule has 1 N–H and O–H groups in total. The van der Waals surface area contributed by atoms with E-state index in [4.69, 9.17) is 0 Å². The van der Waals surface area contributed by atoms with Crippen molar-refractivity contribution < 1.29 is 9.90 Å². The molecule has 0 aliphatic carbocycles. The molecule has 0 amide bonds. The number of rotatable bonds is 5. The lowest BCUT2D eigenvalue weighted by molar-refractivity contribution is 0.0694.